The molecule has 0 saturated heterocycles. The fraction of sp³-hybridized carbons (Fsp3) is 0.250. The second-order valence-electron chi connectivity index (χ2n) is 2.44. The average Bonchev–Trinajstić information content (AvgIpc) is 2.00. The van der Waals surface area contributed by atoms with Gasteiger partial charge in [-0.05, 0) is 13.0 Å². The van der Waals surface area contributed by atoms with E-state index in [1.165, 1.54) is 13.0 Å². The molecule has 1 unspecified atom stereocenters. The van der Waals surface area contributed by atoms with Gasteiger partial charge in [-0.3, -0.25) is 0 Å². The van der Waals surface area contributed by atoms with E-state index in [0.29, 0.717) is 0 Å². The quantitative estimate of drug-likeness (QED) is 0.679. The number of hydrogen-bond donors (Lipinski definition) is 1. The molecule has 66 valence electrons. The number of halogens is 3. The molecule has 1 nitrogen and oxygen atoms in total. The van der Waals surface area contributed by atoms with E-state index in [-0.39, 0.29) is 5.56 Å². The van der Waals surface area contributed by atoms with Crippen LogP contribution in [0.2, 0.25) is 5.02 Å². The predicted molar refractivity (Wildman–Crippen MR) is 42.0 cm³/mol. The van der Waals surface area contributed by atoms with Crippen molar-refractivity contribution in [3.63, 3.8) is 0 Å². The summed E-state index contributed by atoms with van der Waals surface area (Å²) in [4.78, 5) is 0. The molecule has 0 spiro atoms. The first kappa shape index (κ1) is 9.42. The largest absolute Gasteiger partial charge is 0.389 e. The highest BCUT2D eigenvalue weighted by Gasteiger charge is 2.14. The molecule has 0 heterocycles. The molecule has 1 atom stereocenters. The van der Waals surface area contributed by atoms with Gasteiger partial charge >= 0.3 is 0 Å². The lowest BCUT2D eigenvalue weighted by Gasteiger charge is -2.06. The Morgan fingerprint density at radius 1 is 1.42 bits per heavy atom. The van der Waals surface area contributed by atoms with E-state index in [1.54, 1.807) is 0 Å². The summed E-state index contributed by atoms with van der Waals surface area (Å²) in [5, 5.41) is 8.42. The first-order valence-electron chi connectivity index (χ1n) is 3.35. The summed E-state index contributed by atoms with van der Waals surface area (Å²) in [6.07, 6.45) is -0.983. The normalized spacial score (nSPS) is 13.1. The fourth-order valence-electron chi connectivity index (χ4n) is 0.863. The van der Waals surface area contributed by atoms with Gasteiger partial charge in [-0.15, -0.1) is 0 Å². The molecule has 1 aromatic carbocycles. The van der Waals surface area contributed by atoms with E-state index < -0.39 is 22.8 Å². The van der Waals surface area contributed by atoms with Crippen LogP contribution < -0.4 is 0 Å². The predicted octanol–water partition coefficient (Wildman–Crippen LogP) is 2.67. The maximum atomic E-state index is 13.0. The second kappa shape index (κ2) is 3.37. The van der Waals surface area contributed by atoms with E-state index in [9.17, 15) is 8.78 Å². The first-order chi connectivity index (χ1) is 5.54. The fourth-order valence-corrected chi connectivity index (χ4v) is 1.04. The van der Waals surface area contributed by atoms with Crippen LogP contribution in [0.4, 0.5) is 8.78 Å². The molecule has 0 fully saturated rings. The Morgan fingerprint density at radius 3 is 2.50 bits per heavy atom. The molecular formula is C8H7ClF2O. The van der Waals surface area contributed by atoms with Crippen LogP contribution in [0, 0.1) is 11.6 Å². The maximum absolute atomic E-state index is 13.0. The van der Waals surface area contributed by atoms with Crippen LogP contribution in [0.5, 0.6) is 0 Å². The molecular weight excluding hydrogens is 186 g/mol. The van der Waals surface area contributed by atoms with Crippen molar-refractivity contribution >= 4 is 11.6 Å². The summed E-state index contributed by atoms with van der Waals surface area (Å²) in [7, 11) is 0. The van der Waals surface area contributed by atoms with Crippen molar-refractivity contribution in [1.82, 2.24) is 0 Å². The van der Waals surface area contributed by atoms with Crippen LogP contribution in [0.1, 0.15) is 18.6 Å². The summed E-state index contributed by atoms with van der Waals surface area (Å²) in [6.45, 7) is 1.38. The van der Waals surface area contributed by atoms with Gasteiger partial charge in [-0.2, -0.15) is 0 Å². The molecule has 0 aromatic heterocycles. The minimum absolute atomic E-state index is 0.00130. The molecule has 12 heavy (non-hydrogen) atoms. The minimum Gasteiger partial charge on any atom is -0.389 e. The van der Waals surface area contributed by atoms with Gasteiger partial charge < -0.3 is 5.11 Å². The van der Waals surface area contributed by atoms with Gasteiger partial charge in [0.05, 0.1) is 6.10 Å². The Balaban J connectivity index is 3.27. The number of rotatable bonds is 1. The minimum atomic E-state index is -0.983. The summed E-state index contributed by atoms with van der Waals surface area (Å²) in [5.74, 6) is -1.72. The number of aliphatic hydroxyl groups excluding tert-OH is 1. The van der Waals surface area contributed by atoms with E-state index in [2.05, 4.69) is 0 Å². The van der Waals surface area contributed by atoms with Gasteiger partial charge in [0, 0.05) is 5.56 Å². The number of aliphatic hydroxyl groups is 1. The molecule has 0 aliphatic heterocycles. The van der Waals surface area contributed by atoms with E-state index >= 15 is 0 Å². The third-order valence-corrected chi connectivity index (χ3v) is 1.86. The highest BCUT2D eigenvalue weighted by Crippen LogP contribution is 2.25. The third kappa shape index (κ3) is 1.57. The zero-order valence-corrected chi connectivity index (χ0v) is 7.07. The van der Waals surface area contributed by atoms with Crippen LogP contribution in [0.25, 0.3) is 0 Å². The summed E-state index contributed by atoms with van der Waals surface area (Å²) in [6, 6.07) is 2.19. The number of hydrogen-bond acceptors (Lipinski definition) is 1. The summed E-state index contributed by atoms with van der Waals surface area (Å²) >= 11 is 5.27. The van der Waals surface area contributed by atoms with Crippen molar-refractivity contribution < 1.29 is 13.9 Å². The first-order valence-corrected chi connectivity index (χ1v) is 3.73. The highest BCUT2D eigenvalue weighted by atomic mass is 35.5. The third-order valence-electron chi connectivity index (χ3n) is 1.52. The van der Waals surface area contributed by atoms with Crippen molar-refractivity contribution in [1.29, 1.82) is 0 Å². The molecule has 0 saturated carbocycles. The van der Waals surface area contributed by atoms with Crippen LogP contribution in [0.15, 0.2) is 12.1 Å². The SMILES string of the molecule is CC(O)c1ccc(F)c(Cl)c1F. The molecule has 4 heteroatoms. The molecule has 0 radical (unpaired) electrons. The molecule has 0 bridgehead atoms. The van der Waals surface area contributed by atoms with Gasteiger partial charge in [0.1, 0.15) is 10.8 Å². The van der Waals surface area contributed by atoms with Crippen molar-refractivity contribution in [2.45, 2.75) is 13.0 Å². The Labute approximate surface area is 73.6 Å². The van der Waals surface area contributed by atoms with Crippen molar-refractivity contribution in [3.05, 3.63) is 34.4 Å². The Bertz CT molecular complexity index is 299. The van der Waals surface area contributed by atoms with Crippen LogP contribution in [0.3, 0.4) is 0 Å². The molecule has 0 aliphatic rings. The highest BCUT2D eigenvalue weighted by molar-refractivity contribution is 6.30. The monoisotopic (exact) mass is 192 g/mol. The van der Waals surface area contributed by atoms with Crippen LogP contribution in [-0.4, -0.2) is 5.11 Å². The Hall–Kier alpha value is -0.670. The van der Waals surface area contributed by atoms with Crippen LogP contribution >= 0.6 is 11.6 Å². The average molecular weight is 193 g/mol. The molecule has 0 aliphatic carbocycles. The lowest BCUT2D eigenvalue weighted by atomic mass is 10.1. The van der Waals surface area contributed by atoms with Crippen molar-refractivity contribution in [2.24, 2.45) is 0 Å². The van der Waals surface area contributed by atoms with E-state index in [0.717, 1.165) is 6.07 Å². The zero-order chi connectivity index (χ0) is 9.30. The van der Waals surface area contributed by atoms with Gasteiger partial charge in [-0.25, -0.2) is 8.78 Å². The maximum Gasteiger partial charge on any atom is 0.150 e. The topological polar surface area (TPSA) is 20.2 Å². The lowest BCUT2D eigenvalue weighted by Crippen LogP contribution is -1.97. The molecule has 1 aromatic rings. The summed E-state index contributed by atoms with van der Waals surface area (Å²) < 4.78 is 25.6. The van der Waals surface area contributed by atoms with E-state index in [4.69, 9.17) is 16.7 Å². The van der Waals surface area contributed by atoms with Crippen molar-refractivity contribution in [3.8, 4) is 0 Å². The van der Waals surface area contributed by atoms with Gasteiger partial charge in [0.15, 0.2) is 5.82 Å². The Kier molecular flexibility index (Phi) is 2.65. The summed E-state index contributed by atoms with van der Waals surface area (Å²) in [5.41, 5.74) is 0.00130. The number of benzene rings is 1. The molecule has 0 amide bonds. The second-order valence-corrected chi connectivity index (χ2v) is 2.82. The van der Waals surface area contributed by atoms with Crippen LogP contribution in [-0.2, 0) is 0 Å². The van der Waals surface area contributed by atoms with Gasteiger partial charge in [-0.1, -0.05) is 17.7 Å². The molecule has 1 rings (SSSR count). The van der Waals surface area contributed by atoms with Gasteiger partial charge in [0.2, 0.25) is 0 Å². The Morgan fingerprint density at radius 2 is 2.00 bits per heavy atom. The van der Waals surface area contributed by atoms with Crippen molar-refractivity contribution in [2.75, 3.05) is 0 Å². The van der Waals surface area contributed by atoms with E-state index in [1.807, 2.05) is 0 Å². The zero-order valence-electron chi connectivity index (χ0n) is 6.31. The smallest absolute Gasteiger partial charge is 0.150 e. The standard InChI is InChI=1S/C8H7ClF2O/c1-4(12)5-2-3-6(10)7(9)8(5)11/h2-4,12H,1H3. The van der Waals surface area contributed by atoms with Gasteiger partial charge in [0.25, 0.3) is 0 Å². The lowest BCUT2D eigenvalue weighted by molar-refractivity contribution is 0.194. The molecule has 1 N–H and O–H groups in total.